The number of aromatic nitrogens is 11. The zero-order valence-electron chi connectivity index (χ0n) is 63.8. The van der Waals surface area contributed by atoms with Crippen LogP contribution < -0.4 is 33.2 Å². The number of carbonyl (C=O) groups excluding carboxylic acids is 7. The van der Waals surface area contributed by atoms with Gasteiger partial charge >= 0.3 is 5.97 Å². The molecule has 14 aromatic rings. The number of ketones is 1. The van der Waals surface area contributed by atoms with Crippen LogP contribution in [0.4, 0.5) is 11.6 Å². The fourth-order valence-corrected chi connectivity index (χ4v) is 39.8. The van der Waals surface area contributed by atoms with Crippen LogP contribution in [0, 0.1) is 25.7 Å². The lowest BCUT2D eigenvalue weighted by Crippen LogP contribution is -2.51. The molecule has 123 heavy (non-hydrogen) atoms. The summed E-state index contributed by atoms with van der Waals surface area (Å²) >= 11 is 23.2. The Labute approximate surface area is 775 Å². The Morgan fingerprint density at radius 1 is 0.504 bits per heavy atom. The Morgan fingerprint density at radius 3 is 1.28 bits per heavy atom. The predicted molar refractivity (Wildman–Crippen MR) is 535 cm³/mol. The van der Waals surface area contributed by atoms with E-state index in [-0.39, 0.29) is 81.0 Å². The number of amides is 6. The largest absolute Gasteiger partial charge is 0.480 e. The molecule has 13 N–H and O–H groups in total. The first-order valence-electron chi connectivity index (χ1n) is 36.3. The molecule has 2 saturated heterocycles. The highest BCUT2D eigenvalue weighted by Crippen LogP contribution is 2.44. The topological polar surface area (TPSA) is 401 Å². The number of nitrogens with zero attached hydrogens (tertiary/aromatic N) is 9. The number of pyridine rings is 2. The SMILES string of the molecule is C.CC(=O)Cn1cc(C(N)=O)c2cc(-c3n[nH]c4ccsc34)ccc21.Cc1cccc(NC(=O)[C@@H]2C3CCC(C3)N2C(=O)Cn2cc(C(N)=O)c3cc(-c4n[nH]c5ccsc45)ccc32)n1.Cc1cccc(NC(=O)[C@H]2NC3CCC2C3)n1.Cl.NC(=O)c1cn(CC(=O)O)c2ccc(-c3n[nH]c4ccsc34)cc12.S=S=S=S=S=S=S.S=S=S=S=S=S=S=S=S. The number of piperidine rings is 2. The Hall–Kier alpha value is -8.18. The third kappa shape index (κ3) is 23.2. The number of carboxylic acids is 1. The standard InChI is InChI=1S/C29H27N7O3S.C17H14N4O2S.C16H12N4O3S.C13H17N3O.CH4.ClH.S9.S7/c1-15-3-2-4-23(31-15)32-29(39)26-17-5-7-18(11-17)36(26)24(37)14-35-13-20(28(30)38)19-12-16(6-8-22(19)35)25-27-21(33-34-25)9-10-40-27;1-9(22)7-21-8-12(17(18)23)11-6-10(2-3-14(11)21)15-16-13(19-20-15)4-5-24-16;17-16(23)10-6-20(7-13(21)22)12-2-1-8(5-9(10)12)14-15-11(18-19-14)3-4-24-15;1-8-3-2-4-11(14-8)16-13(17)12-9-5-6-10(7-9)15-12;;;1-3-5-7-9-8-6-4-2;1-3-5-7-6-4-2/h2-4,6,8-10,12-13,17-18,26H,5,7,11,14H2,1H3,(H2,30,38)(H,33,34)(H,31,32,39);2-6,8H,7H2,1H3,(H2,18,23)(H,19,20);1-6H,7H2,(H2,17,23)(H,18,19)(H,21,22);2-4,9-10,12,15H,5-7H2,1H3,(H,14,16,17);1H4;1H;;/t17?,18?,26-;;;9?,10?,12-;;;;/m0..0..../s1. The maximum atomic E-state index is 13.8. The van der Waals surface area contributed by atoms with Crippen molar-refractivity contribution in [3.8, 4) is 33.8 Å². The van der Waals surface area contributed by atoms with Crippen LogP contribution in [0.15, 0.2) is 144 Å². The first-order valence-corrected chi connectivity index (χ1v) is 57.6. The van der Waals surface area contributed by atoms with Gasteiger partial charge in [-0.15, -0.1) is 46.4 Å². The number of Topliss-reactive ketones (excluding diaryl/α,β-unsaturated/α-hetero) is 1. The second-order valence-corrected chi connectivity index (χ2v) is 51.6. The number of nitrogens with one attached hydrogen (secondary N) is 6. The van der Waals surface area contributed by atoms with Crippen molar-refractivity contribution in [1.29, 1.82) is 0 Å². The van der Waals surface area contributed by atoms with E-state index in [4.69, 9.17) is 22.3 Å². The number of likely N-dealkylation sites (tertiary alicyclic amines) is 1. The van der Waals surface area contributed by atoms with Crippen LogP contribution in [0.3, 0.4) is 0 Å². The van der Waals surface area contributed by atoms with Crippen LogP contribution in [0.25, 0.3) is 97.1 Å². The monoisotopic (exact) mass is 2030 g/mol. The number of thiophene rings is 3. The minimum Gasteiger partial charge on any atom is -0.480 e. The normalized spacial score (nSPS) is 16.0. The number of nitrogens with two attached hydrogens (primary N) is 3. The molecule has 11 aromatic heterocycles. The lowest BCUT2D eigenvalue weighted by atomic mass is 9.97. The van der Waals surface area contributed by atoms with Crippen LogP contribution >= 0.6 is 46.4 Å². The minimum atomic E-state index is -0.986. The summed E-state index contributed by atoms with van der Waals surface area (Å²) in [6, 6.07) is 34.0. The van der Waals surface area contributed by atoms with Gasteiger partial charge in [0.1, 0.15) is 53.6 Å². The fraction of sp³-hybridized carbons (Fsp3) is 0.250. The van der Waals surface area contributed by atoms with Crippen molar-refractivity contribution in [1.82, 2.24) is 64.5 Å². The Morgan fingerprint density at radius 2 is 0.902 bits per heavy atom. The number of aliphatic carboxylic acids is 1. The highest BCUT2D eigenvalue weighted by molar-refractivity contribution is 8.72. The molecule has 0 spiro atoms. The fourth-order valence-electron chi connectivity index (χ4n) is 15.3. The van der Waals surface area contributed by atoms with E-state index in [9.17, 15) is 38.4 Å². The number of aromatic amines is 3. The summed E-state index contributed by atoms with van der Waals surface area (Å²) in [6.45, 7) is 5.27. The van der Waals surface area contributed by atoms with Gasteiger partial charge in [-0.05, 0) is 166 Å². The molecule has 47 heteroatoms. The number of primary amides is 3. The van der Waals surface area contributed by atoms with E-state index in [0.29, 0.717) is 56.6 Å². The summed E-state index contributed by atoms with van der Waals surface area (Å²) in [5.41, 5.74) is 29.6. The number of anilines is 2. The summed E-state index contributed by atoms with van der Waals surface area (Å²) < 4.78 is 8.15. The maximum Gasteiger partial charge on any atom is 0.323 e. The molecule has 4 fully saturated rings. The molecule has 6 amide bonds. The van der Waals surface area contributed by atoms with E-state index in [2.05, 4.69) is 101 Å². The van der Waals surface area contributed by atoms with E-state index >= 15 is 0 Å². The molecule has 2 aliphatic heterocycles. The van der Waals surface area contributed by atoms with Crippen molar-refractivity contribution in [2.75, 3.05) is 10.6 Å². The van der Waals surface area contributed by atoms with Crippen LogP contribution in [-0.2, 0) is 195 Å². The smallest absolute Gasteiger partial charge is 0.323 e. The van der Waals surface area contributed by atoms with Crippen molar-refractivity contribution in [2.24, 2.45) is 29.0 Å². The Bertz CT molecular complexity index is 6790. The van der Waals surface area contributed by atoms with Gasteiger partial charge in [-0.1, -0.05) is 37.8 Å². The summed E-state index contributed by atoms with van der Waals surface area (Å²) in [7, 11) is 18.3. The summed E-state index contributed by atoms with van der Waals surface area (Å²) in [5, 5.41) is 48.4. The zero-order valence-corrected chi connectivity index (χ0v) is 80.1. The number of hydrogen-bond donors (Lipinski definition) is 10. The molecule has 4 unspecified atom stereocenters. The first kappa shape index (κ1) is 95.5. The van der Waals surface area contributed by atoms with Crippen LogP contribution in [0.1, 0.15) is 95.3 Å². The Balaban J connectivity index is 0.000000155. The number of halogens is 1. The number of benzene rings is 3. The van der Waals surface area contributed by atoms with Crippen LogP contribution in [0.2, 0.25) is 0 Å². The van der Waals surface area contributed by atoms with Gasteiger partial charge in [0.05, 0.1) is 59.9 Å². The summed E-state index contributed by atoms with van der Waals surface area (Å²) in [4.78, 5) is 108. The molecule has 3 aromatic carbocycles. The lowest BCUT2D eigenvalue weighted by Gasteiger charge is -2.34. The number of hydrogen-bond acceptors (Lipinski definition) is 21. The molecule has 0 radical (unpaired) electrons. The zero-order chi connectivity index (χ0) is 85.5. The molecule has 18 rings (SSSR count). The van der Waals surface area contributed by atoms with Gasteiger partial charge in [0.15, 0.2) is 0 Å². The van der Waals surface area contributed by atoms with Crippen LogP contribution in [0.5, 0.6) is 0 Å². The van der Waals surface area contributed by atoms with Gasteiger partial charge in [-0.25, -0.2) is 9.97 Å². The van der Waals surface area contributed by atoms with Crippen molar-refractivity contribution < 1.29 is 43.5 Å². The van der Waals surface area contributed by atoms with Gasteiger partial charge in [0.25, 0.3) is 17.7 Å². The summed E-state index contributed by atoms with van der Waals surface area (Å²) in [5.74, 6) is -1.18. The number of H-pyrrole nitrogens is 3. The van der Waals surface area contributed by atoms with Gasteiger partial charge in [0.2, 0.25) is 17.7 Å². The highest BCUT2D eigenvalue weighted by atomic mass is 35.5. The van der Waals surface area contributed by atoms with Gasteiger partial charge in [-0.3, -0.25) is 53.7 Å². The molecule has 27 nitrogen and oxygen atoms in total. The van der Waals surface area contributed by atoms with E-state index in [1.807, 2.05) is 127 Å². The number of carbonyl (C=O) groups is 8. The molecule has 4 aliphatic rings. The number of carboxylic acid groups (broad SMARTS) is 1. The van der Waals surface area contributed by atoms with Crippen molar-refractivity contribution >= 4 is 320 Å². The van der Waals surface area contributed by atoms with Crippen molar-refractivity contribution in [3.05, 3.63) is 172 Å². The highest BCUT2D eigenvalue weighted by Gasteiger charge is 2.51. The quantitative estimate of drug-likeness (QED) is 0.0429. The molecule has 644 valence electrons. The third-order valence-electron chi connectivity index (χ3n) is 20.1. The van der Waals surface area contributed by atoms with Crippen molar-refractivity contribution in [3.63, 3.8) is 0 Å². The first-order chi connectivity index (χ1) is 58.5. The summed E-state index contributed by atoms with van der Waals surface area (Å²) in [6.07, 6.45) is 10.9. The number of aryl methyl sites for hydroxylation is 2. The van der Waals surface area contributed by atoms with E-state index in [1.54, 1.807) is 144 Å². The van der Waals surface area contributed by atoms with Gasteiger partial charge in [0, 0.05) is 243 Å². The molecule has 2 aliphatic carbocycles. The minimum absolute atomic E-state index is 0. The third-order valence-corrected chi connectivity index (χ3v) is 45.1. The molecular weight excluding hydrogens is 1950 g/mol. The average Bonchev–Trinajstić information content (AvgIpc) is 1.61. The van der Waals surface area contributed by atoms with E-state index in [0.717, 1.165) is 118 Å². The van der Waals surface area contributed by atoms with E-state index < -0.39 is 29.7 Å². The van der Waals surface area contributed by atoms with E-state index in [1.165, 1.54) is 66.1 Å². The molecule has 6 atom stereocenters. The van der Waals surface area contributed by atoms with Gasteiger partial charge in [-0.2, -0.15) is 15.3 Å². The predicted octanol–water partition coefficient (Wildman–Crippen LogP) is 11.9. The second-order valence-electron chi connectivity index (χ2n) is 27.6. The second kappa shape index (κ2) is 44.8. The number of rotatable bonds is 16. The Kier molecular flexibility index (Phi) is 34.8. The molecule has 13 heterocycles. The van der Waals surface area contributed by atoms with Crippen molar-refractivity contribution in [2.45, 2.75) is 111 Å². The molecule has 2 saturated carbocycles. The lowest BCUT2D eigenvalue weighted by molar-refractivity contribution is -0.141. The molecule has 4 bridgehead atoms. The van der Waals surface area contributed by atoms with Gasteiger partial charge < -0.3 is 56.9 Å². The molecular formula is C76H75ClN18O9S19. The van der Waals surface area contributed by atoms with Crippen LogP contribution in [-0.4, -0.2) is 136 Å². The number of fused-ring (bicyclic) bond motifs is 10. The maximum absolute atomic E-state index is 13.8. The average molecular weight is 2030 g/mol.